The van der Waals surface area contributed by atoms with Crippen molar-refractivity contribution in [2.75, 3.05) is 32.1 Å². The van der Waals surface area contributed by atoms with E-state index in [0.717, 1.165) is 16.9 Å². The molecule has 4 rings (SSSR count). The highest BCUT2D eigenvalue weighted by atomic mass is 16.5. The van der Waals surface area contributed by atoms with Crippen molar-refractivity contribution in [3.63, 3.8) is 0 Å². The molecule has 9 nitrogen and oxygen atoms in total. The van der Waals surface area contributed by atoms with E-state index in [0.29, 0.717) is 11.3 Å². The van der Waals surface area contributed by atoms with Crippen LogP contribution in [-0.2, 0) is 14.4 Å². The monoisotopic (exact) mass is 437 g/mol. The average molecular weight is 437 g/mol. The van der Waals surface area contributed by atoms with Gasteiger partial charge >= 0.3 is 5.97 Å². The van der Waals surface area contributed by atoms with Crippen molar-refractivity contribution >= 4 is 29.4 Å². The Morgan fingerprint density at radius 2 is 1.78 bits per heavy atom. The number of carbonyl (C=O) groups excluding carboxylic acids is 3. The molecule has 0 aromatic heterocycles. The van der Waals surface area contributed by atoms with E-state index in [4.69, 9.17) is 9.84 Å². The van der Waals surface area contributed by atoms with Gasteiger partial charge in [-0.3, -0.25) is 19.2 Å². The van der Waals surface area contributed by atoms with Crippen LogP contribution >= 0.6 is 0 Å². The lowest BCUT2D eigenvalue weighted by molar-refractivity contribution is -0.142. The lowest BCUT2D eigenvalue weighted by Gasteiger charge is -2.39. The lowest BCUT2D eigenvalue weighted by Crippen LogP contribution is -2.59. The number of ether oxygens (including phenoxy) is 1. The number of methoxy groups -OCH3 is 1. The molecular weight excluding hydrogens is 414 g/mol. The summed E-state index contributed by atoms with van der Waals surface area (Å²) in [7, 11) is 1.59. The molecule has 9 heteroatoms. The first-order valence-electron chi connectivity index (χ1n) is 10.3. The Hall–Kier alpha value is -3.88. The van der Waals surface area contributed by atoms with Gasteiger partial charge in [-0.2, -0.15) is 0 Å². The van der Waals surface area contributed by atoms with Crippen molar-refractivity contribution in [2.24, 2.45) is 0 Å². The van der Waals surface area contributed by atoms with Crippen LogP contribution in [0.1, 0.15) is 23.2 Å². The molecular formula is C23H23N3O6. The fourth-order valence-corrected chi connectivity index (χ4v) is 4.01. The molecule has 0 unspecified atom stereocenters. The molecule has 0 radical (unpaired) electrons. The Morgan fingerprint density at radius 3 is 2.47 bits per heavy atom. The molecule has 0 aliphatic carbocycles. The first kappa shape index (κ1) is 21.4. The zero-order chi connectivity index (χ0) is 22.8. The maximum atomic E-state index is 13.3. The van der Waals surface area contributed by atoms with E-state index >= 15 is 0 Å². The highest BCUT2D eigenvalue weighted by Crippen LogP contribution is 2.31. The number of amides is 3. The number of hydrogen-bond acceptors (Lipinski definition) is 5. The van der Waals surface area contributed by atoms with Gasteiger partial charge < -0.3 is 25.0 Å². The number of fused-ring (bicyclic) bond motifs is 2. The normalized spacial score (nSPS) is 17.7. The predicted octanol–water partition coefficient (Wildman–Crippen LogP) is 1.83. The van der Waals surface area contributed by atoms with Crippen LogP contribution in [0.25, 0.3) is 11.1 Å². The molecule has 0 saturated carbocycles. The molecule has 2 aromatic carbocycles. The first-order valence-corrected chi connectivity index (χ1v) is 10.3. The number of benzene rings is 2. The Labute approximate surface area is 184 Å². The number of carbonyl (C=O) groups is 4. The molecule has 2 N–H and O–H groups in total. The van der Waals surface area contributed by atoms with Gasteiger partial charge in [0.1, 0.15) is 11.8 Å². The fourth-order valence-electron chi connectivity index (χ4n) is 4.01. The SMILES string of the molecule is COc1ccc(-c2ccc3c(c2)C(=O)N2CCN(C(=O)CCC(=O)O)C[C@H]2C(=O)N3)cc1. The lowest BCUT2D eigenvalue weighted by atomic mass is 10.0. The van der Waals surface area contributed by atoms with E-state index in [2.05, 4.69) is 5.32 Å². The van der Waals surface area contributed by atoms with Gasteiger partial charge in [-0.1, -0.05) is 18.2 Å². The van der Waals surface area contributed by atoms with Crippen molar-refractivity contribution in [3.05, 3.63) is 48.0 Å². The molecule has 0 spiro atoms. The van der Waals surface area contributed by atoms with E-state index in [1.54, 1.807) is 19.2 Å². The maximum Gasteiger partial charge on any atom is 0.303 e. The summed E-state index contributed by atoms with van der Waals surface area (Å²) in [4.78, 5) is 52.2. The quantitative estimate of drug-likeness (QED) is 0.737. The molecule has 1 atom stereocenters. The molecule has 166 valence electrons. The topological polar surface area (TPSA) is 116 Å². The van der Waals surface area contributed by atoms with Crippen LogP contribution in [0.5, 0.6) is 5.75 Å². The van der Waals surface area contributed by atoms with Crippen LogP contribution in [0.4, 0.5) is 5.69 Å². The number of rotatable bonds is 5. The summed E-state index contributed by atoms with van der Waals surface area (Å²) in [5.74, 6) is -1.31. The second kappa shape index (κ2) is 8.70. The number of piperazine rings is 1. The summed E-state index contributed by atoms with van der Waals surface area (Å²) in [6, 6.07) is 11.9. The maximum absolute atomic E-state index is 13.3. The minimum absolute atomic E-state index is 0.0371. The molecule has 2 aromatic rings. The van der Waals surface area contributed by atoms with Crippen LogP contribution in [0.2, 0.25) is 0 Å². The van der Waals surface area contributed by atoms with Gasteiger partial charge in [0, 0.05) is 19.5 Å². The van der Waals surface area contributed by atoms with Crippen molar-refractivity contribution in [1.82, 2.24) is 9.80 Å². The Kier molecular flexibility index (Phi) is 5.81. The number of nitrogens with zero attached hydrogens (tertiary/aromatic N) is 2. The third-order valence-electron chi connectivity index (χ3n) is 5.78. The summed E-state index contributed by atoms with van der Waals surface area (Å²) < 4.78 is 5.19. The summed E-state index contributed by atoms with van der Waals surface area (Å²) in [5.41, 5.74) is 2.55. The number of anilines is 1. The largest absolute Gasteiger partial charge is 0.497 e. The van der Waals surface area contributed by atoms with Crippen LogP contribution in [0.3, 0.4) is 0 Å². The van der Waals surface area contributed by atoms with Crippen molar-refractivity contribution in [2.45, 2.75) is 18.9 Å². The molecule has 3 amide bonds. The standard InChI is InChI=1S/C23H23N3O6/c1-32-16-5-2-14(3-6-16)15-4-7-18-17(12-15)23(31)26-11-10-25(13-19(26)22(30)24-18)20(27)8-9-21(28)29/h2-7,12,19H,8-11,13H2,1H3,(H,24,30)(H,28,29)/t19-/m0/s1. The van der Waals surface area contributed by atoms with Gasteiger partial charge in [0.05, 0.1) is 31.3 Å². The second-order valence-corrected chi connectivity index (χ2v) is 7.73. The molecule has 2 aliphatic rings. The van der Waals surface area contributed by atoms with Gasteiger partial charge in [0.15, 0.2) is 0 Å². The van der Waals surface area contributed by atoms with Crippen LogP contribution < -0.4 is 10.1 Å². The summed E-state index contributed by atoms with van der Waals surface area (Å²) >= 11 is 0. The third-order valence-corrected chi connectivity index (χ3v) is 5.78. The molecule has 32 heavy (non-hydrogen) atoms. The van der Waals surface area contributed by atoms with E-state index in [1.807, 2.05) is 30.3 Å². The van der Waals surface area contributed by atoms with Crippen LogP contribution in [0.15, 0.2) is 42.5 Å². The minimum atomic E-state index is -1.05. The zero-order valence-corrected chi connectivity index (χ0v) is 17.5. The van der Waals surface area contributed by atoms with Crippen molar-refractivity contribution in [1.29, 1.82) is 0 Å². The first-order chi connectivity index (χ1) is 15.4. The van der Waals surface area contributed by atoms with Crippen molar-refractivity contribution < 1.29 is 29.0 Å². The Bertz CT molecular complexity index is 1080. The minimum Gasteiger partial charge on any atom is -0.497 e. The number of aliphatic carboxylic acids is 1. The number of hydrogen-bond donors (Lipinski definition) is 2. The molecule has 2 heterocycles. The van der Waals surface area contributed by atoms with Crippen LogP contribution in [-0.4, -0.2) is 71.4 Å². The van der Waals surface area contributed by atoms with Gasteiger partial charge in [-0.05, 0) is 35.4 Å². The number of carboxylic acids is 1. The summed E-state index contributed by atoms with van der Waals surface area (Å²) in [5, 5.41) is 11.6. The summed E-state index contributed by atoms with van der Waals surface area (Å²) in [6.45, 7) is 0.485. The van der Waals surface area contributed by atoms with E-state index < -0.39 is 12.0 Å². The number of carboxylic acid groups (broad SMARTS) is 1. The second-order valence-electron chi connectivity index (χ2n) is 7.73. The molecule has 2 aliphatic heterocycles. The van der Waals surface area contributed by atoms with Gasteiger partial charge in [-0.15, -0.1) is 0 Å². The smallest absolute Gasteiger partial charge is 0.303 e. The van der Waals surface area contributed by atoms with E-state index in [1.165, 1.54) is 9.80 Å². The predicted molar refractivity (Wildman–Crippen MR) is 115 cm³/mol. The zero-order valence-electron chi connectivity index (χ0n) is 17.5. The Balaban J connectivity index is 1.57. The average Bonchev–Trinajstić information content (AvgIpc) is 2.91. The summed E-state index contributed by atoms with van der Waals surface area (Å²) in [6.07, 6.45) is -0.405. The van der Waals surface area contributed by atoms with Gasteiger partial charge in [-0.25, -0.2) is 0 Å². The molecule has 0 bridgehead atoms. The van der Waals surface area contributed by atoms with Crippen molar-refractivity contribution in [3.8, 4) is 16.9 Å². The number of nitrogens with one attached hydrogen (secondary N) is 1. The third kappa shape index (κ3) is 4.14. The van der Waals surface area contributed by atoms with E-state index in [9.17, 15) is 19.2 Å². The highest BCUT2D eigenvalue weighted by Gasteiger charge is 2.40. The molecule has 1 saturated heterocycles. The van der Waals surface area contributed by atoms with Crippen LogP contribution in [0, 0.1) is 0 Å². The molecule has 1 fully saturated rings. The fraction of sp³-hybridized carbons (Fsp3) is 0.304. The van der Waals surface area contributed by atoms with Gasteiger partial charge in [0.2, 0.25) is 11.8 Å². The Morgan fingerprint density at radius 1 is 1.06 bits per heavy atom. The van der Waals surface area contributed by atoms with E-state index in [-0.39, 0.29) is 50.2 Å². The highest BCUT2D eigenvalue weighted by molar-refractivity contribution is 6.10. The van der Waals surface area contributed by atoms with Gasteiger partial charge in [0.25, 0.3) is 5.91 Å².